The fourth-order valence-corrected chi connectivity index (χ4v) is 3.09. The molecule has 0 spiro atoms. The van der Waals surface area contributed by atoms with Crippen molar-refractivity contribution >= 4 is 24.3 Å². The lowest BCUT2D eigenvalue weighted by atomic mass is 9.84. The Bertz CT molecular complexity index is 888. The topological polar surface area (TPSA) is 9.23 Å². The Morgan fingerprint density at radius 2 is 1.07 bits per heavy atom. The molecule has 0 N–H and O–H groups in total. The maximum Gasteiger partial charge on any atom is 0.133 e. The lowest BCUT2D eigenvalue weighted by molar-refractivity contribution is 0.412. The normalized spacial score (nSPS) is 12.0. The molecule has 0 atom stereocenters. The summed E-state index contributed by atoms with van der Waals surface area (Å²) >= 11 is 0. The van der Waals surface area contributed by atoms with Gasteiger partial charge in [-0.1, -0.05) is 106 Å². The van der Waals surface area contributed by atoms with E-state index in [1.165, 1.54) is 16.7 Å². The molecule has 1 heteroatoms. The van der Waals surface area contributed by atoms with Crippen molar-refractivity contribution in [3.63, 3.8) is 0 Å². The van der Waals surface area contributed by atoms with Crippen LogP contribution in [0.3, 0.4) is 0 Å². The number of methoxy groups -OCH3 is 1. The molecule has 0 fully saturated rings. The summed E-state index contributed by atoms with van der Waals surface area (Å²) in [5.41, 5.74) is 5.86. The summed E-state index contributed by atoms with van der Waals surface area (Å²) in [6, 6.07) is 25.2. The molecule has 28 heavy (non-hydrogen) atoms. The van der Waals surface area contributed by atoms with Gasteiger partial charge in [-0.3, -0.25) is 0 Å². The van der Waals surface area contributed by atoms with Crippen LogP contribution in [0.25, 0.3) is 24.3 Å². The van der Waals surface area contributed by atoms with Crippen LogP contribution in [0.15, 0.2) is 72.8 Å². The SMILES string of the molecule is COc1c(C=Cc2ccccc2)cc(C(C)(C)C)cc1C=Cc1ccccc1. The van der Waals surface area contributed by atoms with Crippen LogP contribution in [-0.4, -0.2) is 7.11 Å². The number of rotatable bonds is 5. The predicted molar refractivity (Wildman–Crippen MR) is 122 cm³/mol. The molecule has 3 aromatic carbocycles. The van der Waals surface area contributed by atoms with E-state index in [-0.39, 0.29) is 5.41 Å². The van der Waals surface area contributed by atoms with E-state index in [0.29, 0.717) is 0 Å². The highest BCUT2D eigenvalue weighted by molar-refractivity contribution is 5.80. The lowest BCUT2D eigenvalue weighted by Gasteiger charge is -2.22. The van der Waals surface area contributed by atoms with Crippen molar-refractivity contribution in [1.82, 2.24) is 0 Å². The van der Waals surface area contributed by atoms with Crippen LogP contribution < -0.4 is 4.74 Å². The van der Waals surface area contributed by atoms with Crippen LogP contribution in [0.2, 0.25) is 0 Å². The third-order valence-electron chi connectivity index (χ3n) is 4.73. The Morgan fingerprint density at radius 1 is 0.643 bits per heavy atom. The molecule has 0 aromatic heterocycles. The molecule has 0 aliphatic heterocycles. The summed E-state index contributed by atoms with van der Waals surface area (Å²) in [5.74, 6) is 0.896. The first-order chi connectivity index (χ1) is 13.5. The molecule has 0 aliphatic rings. The van der Waals surface area contributed by atoms with E-state index in [0.717, 1.165) is 16.9 Å². The zero-order valence-electron chi connectivity index (χ0n) is 17.1. The quantitative estimate of drug-likeness (QED) is 0.428. The molecule has 0 radical (unpaired) electrons. The molecule has 1 nitrogen and oxygen atoms in total. The Hall–Kier alpha value is -3.06. The highest BCUT2D eigenvalue weighted by Crippen LogP contribution is 2.34. The number of ether oxygens (including phenoxy) is 1. The summed E-state index contributed by atoms with van der Waals surface area (Å²) in [5, 5.41) is 0. The van der Waals surface area contributed by atoms with Crippen molar-refractivity contribution in [2.75, 3.05) is 7.11 Å². The van der Waals surface area contributed by atoms with Crippen molar-refractivity contribution in [3.05, 3.63) is 101 Å². The van der Waals surface area contributed by atoms with E-state index in [1.54, 1.807) is 7.11 Å². The molecule has 0 bridgehead atoms. The van der Waals surface area contributed by atoms with Gasteiger partial charge in [0.05, 0.1) is 7.11 Å². The van der Waals surface area contributed by atoms with Crippen LogP contribution >= 0.6 is 0 Å². The van der Waals surface area contributed by atoms with E-state index in [4.69, 9.17) is 4.74 Å². The first-order valence-electron chi connectivity index (χ1n) is 9.66. The van der Waals surface area contributed by atoms with Gasteiger partial charge >= 0.3 is 0 Å². The largest absolute Gasteiger partial charge is 0.496 e. The molecule has 0 heterocycles. The fourth-order valence-electron chi connectivity index (χ4n) is 3.09. The molecule has 142 valence electrons. The van der Waals surface area contributed by atoms with Gasteiger partial charge in [0.1, 0.15) is 5.75 Å². The second-order valence-corrected chi connectivity index (χ2v) is 7.93. The van der Waals surface area contributed by atoms with Crippen LogP contribution in [-0.2, 0) is 5.41 Å². The van der Waals surface area contributed by atoms with Crippen molar-refractivity contribution < 1.29 is 4.74 Å². The highest BCUT2D eigenvalue weighted by atomic mass is 16.5. The average Bonchev–Trinajstić information content (AvgIpc) is 2.71. The van der Waals surface area contributed by atoms with Gasteiger partial charge in [0.25, 0.3) is 0 Å². The molecule has 0 aliphatic carbocycles. The Kier molecular flexibility index (Phi) is 6.16. The molecule has 3 rings (SSSR count). The first kappa shape index (κ1) is 19.7. The van der Waals surface area contributed by atoms with Crippen molar-refractivity contribution in [2.45, 2.75) is 26.2 Å². The second kappa shape index (κ2) is 8.75. The molecule has 0 amide bonds. The summed E-state index contributed by atoms with van der Waals surface area (Å²) in [4.78, 5) is 0. The highest BCUT2D eigenvalue weighted by Gasteiger charge is 2.17. The molecule has 3 aromatic rings. The number of hydrogen-bond donors (Lipinski definition) is 0. The van der Waals surface area contributed by atoms with Gasteiger partial charge in [-0.05, 0) is 34.2 Å². The summed E-state index contributed by atoms with van der Waals surface area (Å²) in [7, 11) is 1.74. The third kappa shape index (κ3) is 5.01. The zero-order chi connectivity index (χ0) is 20.0. The molecule has 0 saturated carbocycles. The van der Waals surface area contributed by atoms with Gasteiger partial charge in [0.2, 0.25) is 0 Å². The Morgan fingerprint density at radius 3 is 1.43 bits per heavy atom. The minimum Gasteiger partial charge on any atom is -0.496 e. The van der Waals surface area contributed by atoms with Gasteiger partial charge in [-0.2, -0.15) is 0 Å². The van der Waals surface area contributed by atoms with Gasteiger partial charge in [0, 0.05) is 11.1 Å². The van der Waals surface area contributed by atoms with Crippen LogP contribution in [0.4, 0.5) is 0 Å². The van der Waals surface area contributed by atoms with E-state index in [2.05, 4.69) is 106 Å². The van der Waals surface area contributed by atoms with Crippen LogP contribution in [0.5, 0.6) is 5.75 Å². The molecular formula is C27H28O. The maximum atomic E-state index is 5.82. The summed E-state index contributed by atoms with van der Waals surface area (Å²) in [6.07, 6.45) is 8.55. The number of hydrogen-bond acceptors (Lipinski definition) is 1. The number of benzene rings is 3. The van der Waals surface area contributed by atoms with Crippen LogP contribution in [0, 0.1) is 0 Å². The third-order valence-corrected chi connectivity index (χ3v) is 4.73. The summed E-state index contributed by atoms with van der Waals surface area (Å²) in [6.45, 7) is 6.72. The second-order valence-electron chi connectivity index (χ2n) is 7.93. The zero-order valence-corrected chi connectivity index (χ0v) is 17.1. The smallest absolute Gasteiger partial charge is 0.133 e. The molecule has 0 saturated heterocycles. The first-order valence-corrected chi connectivity index (χ1v) is 9.66. The van der Waals surface area contributed by atoms with Crippen LogP contribution in [0.1, 0.15) is 48.6 Å². The minimum atomic E-state index is 0.0525. The van der Waals surface area contributed by atoms with Gasteiger partial charge < -0.3 is 4.74 Å². The molecular weight excluding hydrogens is 340 g/mol. The lowest BCUT2D eigenvalue weighted by Crippen LogP contribution is -2.12. The van der Waals surface area contributed by atoms with Crippen molar-refractivity contribution in [2.24, 2.45) is 0 Å². The maximum absolute atomic E-state index is 5.82. The van der Waals surface area contributed by atoms with Crippen molar-refractivity contribution in [3.8, 4) is 5.75 Å². The van der Waals surface area contributed by atoms with E-state index < -0.39 is 0 Å². The minimum absolute atomic E-state index is 0.0525. The van der Waals surface area contributed by atoms with E-state index in [9.17, 15) is 0 Å². The van der Waals surface area contributed by atoms with E-state index in [1.807, 2.05) is 12.1 Å². The van der Waals surface area contributed by atoms with Gasteiger partial charge in [-0.25, -0.2) is 0 Å². The van der Waals surface area contributed by atoms with Gasteiger partial charge in [0.15, 0.2) is 0 Å². The Balaban J connectivity index is 2.07. The van der Waals surface area contributed by atoms with Gasteiger partial charge in [-0.15, -0.1) is 0 Å². The molecule has 0 unspecified atom stereocenters. The average molecular weight is 369 g/mol. The standard InChI is InChI=1S/C27H28O/c1-27(2,3)25-19-23(17-15-21-11-7-5-8-12-21)26(28-4)24(20-25)18-16-22-13-9-6-10-14-22/h5-20H,1-4H3. The Labute approximate surface area is 169 Å². The fraction of sp³-hybridized carbons (Fsp3) is 0.185. The summed E-state index contributed by atoms with van der Waals surface area (Å²) < 4.78 is 5.82. The van der Waals surface area contributed by atoms with E-state index >= 15 is 0 Å². The monoisotopic (exact) mass is 368 g/mol. The predicted octanol–water partition coefficient (Wildman–Crippen LogP) is 7.33. The van der Waals surface area contributed by atoms with Crippen molar-refractivity contribution in [1.29, 1.82) is 0 Å².